The number of rotatable bonds is 4. The molecule has 0 amide bonds. The number of hydrogen-bond donors (Lipinski definition) is 1. The van der Waals surface area contributed by atoms with Crippen LogP contribution in [-0.4, -0.2) is 30.9 Å². The summed E-state index contributed by atoms with van der Waals surface area (Å²) in [5, 5.41) is 9.32. The van der Waals surface area contributed by atoms with Gasteiger partial charge in [-0.1, -0.05) is 17.9 Å². The maximum Gasteiger partial charge on any atom is 0.194 e. The van der Waals surface area contributed by atoms with Crippen molar-refractivity contribution in [1.82, 2.24) is 24.7 Å². The third-order valence-electron chi connectivity index (χ3n) is 4.49. The number of H-pyrrole nitrogens is 1. The van der Waals surface area contributed by atoms with Gasteiger partial charge in [0, 0.05) is 30.6 Å². The van der Waals surface area contributed by atoms with Gasteiger partial charge in [-0.3, -0.25) is 9.36 Å². The second-order valence-corrected chi connectivity index (χ2v) is 7.03. The largest absolute Gasteiger partial charge is 0.347 e. The fourth-order valence-corrected chi connectivity index (χ4v) is 4.00. The van der Waals surface area contributed by atoms with E-state index in [1.807, 2.05) is 0 Å². The van der Waals surface area contributed by atoms with Gasteiger partial charge in [0.15, 0.2) is 10.4 Å². The molecule has 3 aromatic heterocycles. The van der Waals surface area contributed by atoms with Crippen molar-refractivity contribution in [2.75, 3.05) is 0 Å². The lowest BCUT2D eigenvalue weighted by Gasteiger charge is -2.12. The summed E-state index contributed by atoms with van der Waals surface area (Å²) in [5.41, 5.74) is 0.948. The molecule has 0 radical (unpaired) electrons. The summed E-state index contributed by atoms with van der Waals surface area (Å²) in [4.78, 5) is 19.4. The van der Waals surface area contributed by atoms with Gasteiger partial charge in [-0.25, -0.2) is 9.37 Å². The number of nitrogens with zero attached hydrogens (tertiary/aromatic N) is 4. The van der Waals surface area contributed by atoms with Crippen LogP contribution in [0, 0.1) is 5.92 Å². The Morgan fingerprint density at radius 3 is 2.96 bits per heavy atom. The first-order chi connectivity index (χ1) is 12.1. The Morgan fingerprint density at radius 2 is 2.28 bits per heavy atom. The lowest BCUT2D eigenvalue weighted by molar-refractivity contribution is 0.303. The molecule has 0 aromatic carbocycles. The predicted octanol–water partition coefficient (Wildman–Crippen LogP) is 3.23. The van der Waals surface area contributed by atoms with E-state index in [9.17, 15) is 9.18 Å². The molecule has 1 fully saturated rings. The summed E-state index contributed by atoms with van der Waals surface area (Å²) in [7, 11) is 0. The van der Waals surface area contributed by atoms with Gasteiger partial charge in [0.2, 0.25) is 0 Å². The monoisotopic (exact) mass is 357 g/mol. The van der Waals surface area contributed by atoms with E-state index in [2.05, 4.69) is 26.7 Å². The SMILES string of the molecule is C=C(c1nnc(-c2c[nH]c(-n3ccnc3)cc2=O)s1)[C@@H]1CCC[C@H]1F. The van der Waals surface area contributed by atoms with Gasteiger partial charge in [-0.15, -0.1) is 10.2 Å². The van der Waals surface area contributed by atoms with Crippen molar-refractivity contribution in [3.05, 3.63) is 52.8 Å². The molecule has 2 atom stereocenters. The summed E-state index contributed by atoms with van der Waals surface area (Å²) in [6, 6.07) is 1.49. The molecule has 0 saturated heterocycles. The summed E-state index contributed by atoms with van der Waals surface area (Å²) >= 11 is 1.27. The maximum atomic E-state index is 13.9. The molecule has 6 nitrogen and oxygen atoms in total. The van der Waals surface area contributed by atoms with Crippen molar-refractivity contribution in [2.45, 2.75) is 25.4 Å². The topological polar surface area (TPSA) is 76.5 Å². The average Bonchev–Trinajstić information content (AvgIpc) is 3.35. The highest BCUT2D eigenvalue weighted by molar-refractivity contribution is 7.15. The minimum Gasteiger partial charge on any atom is -0.347 e. The molecule has 1 aliphatic rings. The molecule has 8 heteroatoms. The molecule has 0 unspecified atom stereocenters. The molecule has 25 heavy (non-hydrogen) atoms. The van der Waals surface area contributed by atoms with Crippen LogP contribution in [0.1, 0.15) is 24.3 Å². The number of allylic oxidation sites excluding steroid dienone is 1. The van der Waals surface area contributed by atoms with E-state index in [-0.39, 0.29) is 11.3 Å². The van der Waals surface area contributed by atoms with Crippen LogP contribution in [-0.2, 0) is 0 Å². The highest BCUT2D eigenvalue weighted by Gasteiger charge is 2.31. The van der Waals surface area contributed by atoms with Gasteiger partial charge in [0.1, 0.15) is 23.3 Å². The van der Waals surface area contributed by atoms with Crippen molar-refractivity contribution in [2.24, 2.45) is 5.92 Å². The minimum atomic E-state index is -0.863. The van der Waals surface area contributed by atoms with Crippen LogP contribution in [0.5, 0.6) is 0 Å². The van der Waals surface area contributed by atoms with Crippen molar-refractivity contribution >= 4 is 16.9 Å². The Kier molecular flexibility index (Phi) is 4.04. The van der Waals surface area contributed by atoms with Gasteiger partial charge in [-0.2, -0.15) is 0 Å². The van der Waals surface area contributed by atoms with E-state index >= 15 is 0 Å². The molecular formula is C17H16FN5OS. The van der Waals surface area contributed by atoms with Gasteiger partial charge in [0.25, 0.3) is 0 Å². The number of nitrogens with one attached hydrogen (secondary N) is 1. The van der Waals surface area contributed by atoms with Crippen molar-refractivity contribution in [3.8, 4) is 16.4 Å². The van der Waals surface area contributed by atoms with E-state index < -0.39 is 6.17 Å². The predicted molar refractivity (Wildman–Crippen MR) is 94.4 cm³/mol. The van der Waals surface area contributed by atoms with Gasteiger partial charge in [-0.05, 0) is 24.8 Å². The zero-order chi connectivity index (χ0) is 17.4. The quantitative estimate of drug-likeness (QED) is 0.778. The van der Waals surface area contributed by atoms with Gasteiger partial charge in [0.05, 0.1) is 5.56 Å². The van der Waals surface area contributed by atoms with Crippen LogP contribution in [0.2, 0.25) is 0 Å². The summed E-state index contributed by atoms with van der Waals surface area (Å²) in [6.45, 7) is 4.01. The number of hydrogen-bond acceptors (Lipinski definition) is 5. The molecule has 1 aliphatic carbocycles. The first-order valence-corrected chi connectivity index (χ1v) is 8.83. The fraction of sp³-hybridized carbons (Fsp3) is 0.294. The van der Waals surface area contributed by atoms with E-state index in [0.717, 1.165) is 12.8 Å². The third kappa shape index (κ3) is 2.93. The number of pyridine rings is 1. The molecule has 0 aliphatic heterocycles. The molecule has 3 heterocycles. The van der Waals surface area contributed by atoms with Crippen LogP contribution in [0.4, 0.5) is 4.39 Å². The standard InChI is InChI=1S/C17H16FN5OS/c1-10(11-3-2-4-13(11)18)16-21-22-17(25-16)12-8-20-15(7-14(12)24)23-6-5-19-9-23/h5-9,11,13H,1-4H2,(H,20,24)/t11-,13+/m0/s1. The lowest BCUT2D eigenvalue weighted by Crippen LogP contribution is -2.09. The Labute approximate surface area is 147 Å². The zero-order valence-electron chi connectivity index (χ0n) is 13.4. The van der Waals surface area contributed by atoms with E-state index in [1.165, 1.54) is 17.4 Å². The van der Waals surface area contributed by atoms with Crippen LogP contribution < -0.4 is 5.43 Å². The lowest BCUT2D eigenvalue weighted by atomic mass is 9.98. The smallest absolute Gasteiger partial charge is 0.194 e. The summed E-state index contributed by atoms with van der Waals surface area (Å²) < 4.78 is 15.6. The van der Waals surface area contributed by atoms with Crippen molar-refractivity contribution in [1.29, 1.82) is 0 Å². The number of aromatic nitrogens is 5. The average molecular weight is 357 g/mol. The summed E-state index contributed by atoms with van der Waals surface area (Å²) in [6.07, 6.45) is 7.96. The van der Waals surface area contributed by atoms with Crippen molar-refractivity contribution < 1.29 is 4.39 Å². The van der Waals surface area contributed by atoms with E-state index in [0.29, 0.717) is 33.4 Å². The Morgan fingerprint density at radius 1 is 1.40 bits per heavy atom. The van der Waals surface area contributed by atoms with Crippen LogP contribution in [0.15, 0.2) is 42.4 Å². The minimum absolute atomic E-state index is 0.167. The van der Waals surface area contributed by atoms with Crippen LogP contribution in [0.25, 0.3) is 22.0 Å². The van der Waals surface area contributed by atoms with Crippen molar-refractivity contribution in [3.63, 3.8) is 0 Å². The molecule has 1 saturated carbocycles. The normalized spacial score (nSPS) is 20.0. The summed E-state index contributed by atoms with van der Waals surface area (Å²) in [5.74, 6) is 0.425. The number of imidazole rings is 1. The zero-order valence-corrected chi connectivity index (χ0v) is 14.2. The number of alkyl halides is 1. The first-order valence-electron chi connectivity index (χ1n) is 8.01. The third-order valence-corrected chi connectivity index (χ3v) is 5.52. The molecule has 4 rings (SSSR count). The maximum absolute atomic E-state index is 13.9. The second-order valence-electron chi connectivity index (χ2n) is 6.06. The second kappa shape index (κ2) is 6.36. The van der Waals surface area contributed by atoms with Gasteiger partial charge >= 0.3 is 0 Å². The van der Waals surface area contributed by atoms with Gasteiger partial charge < -0.3 is 4.98 Å². The van der Waals surface area contributed by atoms with Crippen LogP contribution in [0.3, 0.4) is 0 Å². The molecule has 0 spiro atoms. The molecule has 128 valence electrons. The van der Waals surface area contributed by atoms with Crippen LogP contribution >= 0.6 is 11.3 Å². The first kappa shape index (κ1) is 15.9. The van der Waals surface area contributed by atoms with E-state index in [1.54, 1.807) is 29.5 Å². The number of aromatic amines is 1. The Bertz CT molecular complexity index is 962. The Balaban J connectivity index is 1.62. The number of halogens is 1. The fourth-order valence-electron chi connectivity index (χ4n) is 3.11. The Hall–Kier alpha value is -2.61. The molecule has 1 N–H and O–H groups in total. The molecular weight excluding hydrogens is 341 g/mol. The highest BCUT2D eigenvalue weighted by atomic mass is 32.1. The molecule has 0 bridgehead atoms. The highest BCUT2D eigenvalue weighted by Crippen LogP contribution is 2.39. The molecule has 3 aromatic rings. The van der Waals surface area contributed by atoms with E-state index in [4.69, 9.17) is 0 Å².